The first-order valence-electron chi connectivity index (χ1n) is 8.95. The van der Waals surface area contributed by atoms with Crippen LogP contribution < -0.4 is 11.0 Å². The number of carbonyl (C=O) groups is 1. The predicted octanol–water partition coefficient (Wildman–Crippen LogP) is 1.99. The summed E-state index contributed by atoms with van der Waals surface area (Å²) in [6, 6.07) is 11.4. The number of amides is 1. The Bertz CT molecular complexity index is 933. The van der Waals surface area contributed by atoms with Crippen LogP contribution in [0.1, 0.15) is 29.4 Å². The van der Waals surface area contributed by atoms with Gasteiger partial charge in [-0.05, 0) is 37.1 Å². The highest BCUT2D eigenvalue weighted by molar-refractivity contribution is 5.91. The average molecular weight is 354 g/mol. The van der Waals surface area contributed by atoms with E-state index in [4.69, 9.17) is 4.42 Å². The number of H-pyrrole nitrogens is 1. The fourth-order valence-corrected chi connectivity index (χ4v) is 3.66. The van der Waals surface area contributed by atoms with Crippen LogP contribution in [0.3, 0.4) is 0 Å². The molecule has 26 heavy (non-hydrogen) atoms. The van der Waals surface area contributed by atoms with E-state index in [1.165, 1.54) is 6.26 Å². The topological polar surface area (TPSA) is 83.3 Å². The molecule has 7 heteroatoms. The van der Waals surface area contributed by atoms with Crippen LogP contribution in [0.5, 0.6) is 0 Å². The average Bonchev–Trinajstić information content (AvgIpc) is 3.29. The molecule has 7 nitrogen and oxygen atoms in total. The molecule has 1 saturated heterocycles. The second kappa shape index (κ2) is 7.21. The van der Waals surface area contributed by atoms with Crippen LogP contribution in [0.2, 0.25) is 0 Å². The van der Waals surface area contributed by atoms with Crippen LogP contribution in [0.15, 0.2) is 51.9 Å². The van der Waals surface area contributed by atoms with Gasteiger partial charge in [0.05, 0.1) is 17.3 Å². The van der Waals surface area contributed by atoms with Crippen LogP contribution in [-0.4, -0.2) is 46.5 Å². The smallest absolute Gasteiger partial charge is 0.326 e. The van der Waals surface area contributed by atoms with Gasteiger partial charge in [0.2, 0.25) is 0 Å². The van der Waals surface area contributed by atoms with Gasteiger partial charge in [0.15, 0.2) is 5.76 Å². The molecular weight excluding hydrogens is 332 g/mol. The summed E-state index contributed by atoms with van der Waals surface area (Å²) in [5.41, 5.74) is 1.83. The van der Waals surface area contributed by atoms with Crippen molar-refractivity contribution in [3.8, 4) is 0 Å². The molecule has 0 aliphatic carbocycles. The van der Waals surface area contributed by atoms with E-state index in [9.17, 15) is 9.59 Å². The van der Waals surface area contributed by atoms with E-state index >= 15 is 0 Å². The summed E-state index contributed by atoms with van der Waals surface area (Å²) in [5, 5.41) is 2.87. The third-order valence-electron chi connectivity index (χ3n) is 5.00. The summed E-state index contributed by atoms with van der Waals surface area (Å²) in [7, 11) is 0. The Morgan fingerprint density at radius 1 is 1.19 bits per heavy atom. The minimum Gasteiger partial charge on any atom is -0.459 e. The number of hydrogen-bond acceptors (Lipinski definition) is 4. The van der Waals surface area contributed by atoms with Gasteiger partial charge in [-0.25, -0.2) is 4.79 Å². The van der Waals surface area contributed by atoms with Crippen LogP contribution in [0.4, 0.5) is 0 Å². The molecule has 136 valence electrons. The molecule has 4 rings (SSSR count). The van der Waals surface area contributed by atoms with Gasteiger partial charge in [-0.3, -0.25) is 9.36 Å². The zero-order valence-electron chi connectivity index (χ0n) is 14.5. The normalized spacial score (nSPS) is 16.2. The summed E-state index contributed by atoms with van der Waals surface area (Å²) in [6.45, 7) is 3.19. The summed E-state index contributed by atoms with van der Waals surface area (Å²) in [4.78, 5) is 29.4. The van der Waals surface area contributed by atoms with Crippen LogP contribution in [-0.2, 0) is 0 Å². The fourth-order valence-electron chi connectivity index (χ4n) is 3.66. The van der Waals surface area contributed by atoms with E-state index in [0.29, 0.717) is 12.3 Å². The van der Waals surface area contributed by atoms with E-state index in [-0.39, 0.29) is 17.6 Å². The van der Waals surface area contributed by atoms with Crippen LogP contribution >= 0.6 is 0 Å². The zero-order valence-corrected chi connectivity index (χ0v) is 14.5. The Balaban J connectivity index is 1.31. The van der Waals surface area contributed by atoms with Gasteiger partial charge in [-0.1, -0.05) is 12.1 Å². The molecule has 2 aromatic heterocycles. The lowest BCUT2D eigenvalue weighted by atomic mass is 10.0. The zero-order chi connectivity index (χ0) is 17.9. The number of imidazole rings is 1. The van der Waals surface area contributed by atoms with Gasteiger partial charge in [0, 0.05) is 32.2 Å². The maximum Gasteiger partial charge on any atom is 0.326 e. The number of rotatable bonds is 5. The van der Waals surface area contributed by atoms with Crippen molar-refractivity contribution in [1.82, 2.24) is 19.8 Å². The van der Waals surface area contributed by atoms with Crippen molar-refractivity contribution in [1.29, 1.82) is 0 Å². The maximum atomic E-state index is 12.3. The second-order valence-corrected chi connectivity index (χ2v) is 6.62. The molecule has 0 atom stereocenters. The van der Waals surface area contributed by atoms with Crippen molar-refractivity contribution in [2.24, 2.45) is 0 Å². The van der Waals surface area contributed by atoms with Gasteiger partial charge in [0.1, 0.15) is 0 Å². The largest absolute Gasteiger partial charge is 0.459 e. The number of nitrogens with one attached hydrogen (secondary N) is 2. The lowest BCUT2D eigenvalue weighted by Crippen LogP contribution is -2.41. The Morgan fingerprint density at radius 2 is 2.00 bits per heavy atom. The van der Waals surface area contributed by atoms with E-state index in [2.05, 4.69) is 15.2 Å². The number of carbonyl (C=O) groups excluding carboxylic acids is 1. The van der Waals surface area contributed by atoms with E-state index in [1.54, 1.807) is 12.1 Å². The second-order valence-electron chi connectivity index (χ2n) is 6.62. The number of likely N-dealkylation sites (tertiary alicyclic amines) is 1. The number of nitrogens with zero attached hydrogens (tertiary/aromatic N) is 2. The Morgan fingerprint density at radius 3 is 2.77 bits per heavy atom. The van der Waals surface area contributed by atoms with Gasteiger partial charge in [-0.15, -0.1) is 0 Å². The maximum absolute atomic E-state index is 12.3. The molecule has 1 fully saturated rings. The number of benzene rings is 1. The number of furan rings is 1. The van der Waals surface area contributed by atoms with Crippen LogP contribution in [0.25, 0.3) is 11.0 Å². The SMILES string of the molecule is O=C(NCCN1CCC(n2c(=O)[nH]c3ccccc32)CC1)c1ccco1. The summed E-state index contributed by atoms with van der Waals surface area (Å²) < 4.78 is 6.97. The van der Waals surface area contributed by atoms with E-state index in [1.807, 2.05) is 28.8 Å². The molecule has 1 aliphatic heterocycles. The summed E-state index contributed by atoms with van der Waals surface area (Å²) >= 11 is 0. The molecular formula is C19H22N4O3. The third kappa shape index (κ3) is 3.30. The lowest BCUT2D eigenvalue weighted by molar-refractivity contribution is 0.0916. The summed E-state index contributed by atoms with van der Waals surface area (Å²) in [6.07, 6.45) is 3.34. The van der Waals surface area contributed by atoms with Crippen LogP contribution in [0, 0.1) is 0 Å². The minimum absolute atomic E-state index is 0.0321. The molecule has 0 saturated carbocycles. The number of para-hydroxylation sites is 2. The number of aromatic amines is 1. The van der Waals surface area contributed by atoms with Gasteiger partial charge in [0.25, 0.3) is 5.91 Å². The van der Waals surface area contributed by atoms with Gasteiger partial charge in [-0.2, -0.15) is 0 Å². The molecule has 3 aromatic rings. The third-order valence-corrected chi connectivity index (χ3v) is 5.00. The first-order valence-corrected chi connectivity index (χ1v) is 8.95. The van der Waals surface area contributed by atoms with Crippen molar-refractivity contribution in [2.75, 3.05) is 26.2 Å². The molecule has 1 aromatic carbocycles. The van der Waals surface area contributed by atoms with Crippen molar-refractivity contribution in [3.05, 3.63) is 58.9 Å². The van der Waals surface area contributed by atoms with Crippen molar-refractivity contribution in [3.63, 3.8) is 0 Å². The Kier molecular flexibility index (Phi) is 4.62. The molecule has 1 aliphatic rings. The molecule has 0 bridgehead atoms. The van der Waals surface area contributed by atoms with Gasteiger partial charge >= 0.3 is 5.69 Å². The summed E-state index contributed by atoms with van der Waals surface area (Å²) in [5.74, 6) is 0.151. The fraction of sp³-hybridized carbons (Fsp3) is 0.368. The molecule has 0 spiro atoms. The standard InChI is InChI=1S/C19H22N4O3/c24-18(17-6-3-13-26-17)20-9-12-22-10-7-14(8-11-22)23-16-5-2-1-4-15(16)21-19(23)25/h1-6,13-14H,7-12H2,(H,20,24)(H,21,25). The number of fused-ring (bicyclic) bond motifs is 1. The highest BCUT2D eigenvalue weighted by atomic mass is 16.3. The van der Waals surface area contributed by atoms with Gasteiger partial charge < -0.3 is 19.6 Å². The molecule has 1 amide bonds. The molecule has 0 radical (unpaired) electrons. The minimum atomic E-state index is -0.185. The monoisotopic (exact) mass is 354 g/mol. The number of aromatic nitrogens is 2. The van der Waals surface area contributed by atoms with Crippen molar-refractivity contribution < 1.29 is 9.21 Å². The lowest BCUT2D eigenvalue weighted by Gasteiger charge is -2.32. The molecule has 3 heterocycles. The Labute approximate surface area is 150 Å². The molecule has 2 N–H and O–H groups in total. The first kappa shape index (κ1) is 16.7. The molecule has 0 unspecified atom stereocenters. The number of hydrogen-bond donors (Lipinski definition) is 2. The predicted molar refractivity (Wildman–Crippen MR) is 98.3 cm³/mol. The van der Waals surface area contributed by atoms with Crippen molar-refractivity contribution in [2.45, 2.75) is 18.9 Å². The first-order chi connectivity index (χ1) is 12.7. The highest BCUT2D eigenvalue weighted by Gasteiger charge is 2.23. The van der Waals surface area contributed by atoms with Crippen molar-refractivity contribution >= 4 is 16.9 Å². The quantitative estimate of drug-likeness (QED) is 0.734. The highest BCUT2D eigenvalue weighted by Crippen LogP contribution is 2.24. The van der Waals surface area contributed by atoms with E-state index < -0.39 is 0 Å². The Hall–Kier alpha value is -2.80. The number of piperidine rings is 1. The van der Waals surface area contributed by atoms with E-state index in [0.717, 1.165) is 43.5 Å².